The first-order chi connectivity index (χ1) is 10.3. The maximum atomic E-state index is 12.9. The molecule has 1 heterocycles. The summed E-state index contributed by atoms with van der Waals surface area (Å²) in [5.41, 5.74) is -0.587. The average Bonchev–Trinajstić information content (AvgIpc) is 2.48. The molecule has 9 heteroatoms. The van der Waals surface area contributed by atoms with Gasteiger partial charge in [0.2, 0.25) is 0 Å². The van der Waals surface area contributed by atoms with Crippen LogP contribution in [0.3, 0.4) is 0 Å². The normalized spacial score (nSPS) is 15.6. The van der Waals surface area contributed by atoms with Gasteiger partial charge in [-0.3, -0.25) is 4.79 Å². The number of alkyl halides is 3. The number of hydrogen-bond donors (Lipinski definition) is 1. The predicted octanol–water partition coefficient (Wildman–Crippen LogP) is 2.88. The minimum absolute atomic E-state index is 0. The Morgan fingerprint density at radius 2 is 1.74 bits per heavy atom. The van der Waals surface area contributed by atoms with Crippen molar-refractivity contribution in [3.63, 3.8) is 0 Å². The average molecular weight is 354 g/mol. The number of amides is 1. The Kier molecular flexibility index (Phi) is 6.40. The summed E-state index contributed by atoms with van der Waals surface area (Å²) >= 11 is 0. The standard InChI is InChI=1S/C14H14F3NO4.ClH/c15-14(16,17)13(21)18(9-5-7-22-8-6-9)11-4-2-1-3-10(11)12(19)20;/h1-4,9H,5-8H2,(H,19,20);1H. The molecule has 1 amide bonds. The lowest BCUT2D eigenvalue weighted by Gasteiger charge is -2.35. The van der Waals surface area contributed by atoms with E-state index in [1.807, 2.05) is 0 Å². The second kappa shape index (κ2) is 7.65. The highest BCUT2D eigenvalue weighted by molar-refractivity contribution is 6.04. The highest BCUT2D eigenvalue weighted by Crippen LogP contribution is 2.31. The molecule has 0 aliphatic carbocycles. The molecule has 5 nitrogen and oxygen atoms in total. The summed E-state index contributed by atoms with van der Waals surface area (Å²) in [5, 5.41) is 9.15. The molecule has 1 aromatic carbocycles. The molecule has 1 N–H and O–H groups in total. The highest BCUT2D eigenvalue weighted by Gasteiger charge is 2.46. The van der Waals surface area contributed by atoms with E-state index in [2.05, 4.69) is 0 Å². The van der Waals surface area contributed by atoms with Gasteiger partial charge in [-0.15, -0.1) is 12.4 Å². The lowest BCUT2D eigenvalue weighted by molar-refractivity contribution is -0.171. The molecular weight excluding hydrogens is 339 g/mol. The second-order valence-electron chi connectivity index (χ2n) is 4.84. The van der Waals surface area contributed by atoms with Gasteiger partial charge in [0.25, 0.3) is 0 Å². The van der Waals surface area contributed by atoms with Crippen LogP contribution in [0, 0.1) is 0 Å². The molecule has 128 valence electrons. The molecule has 0 bridgehead atoms. The molecule has 23 heavy (non-hydrogen) atoms. The SMILES string of the molecule is Cl.O=C(O)c1ccccc1N(C(=O)C(F)(F)F)C1CCOCC1. The first-order valence-corrected chi connectivity index (χ1v) is 6.63. The van der Waals surface area contributed by atoms with Crippen molar-refractivity contribution in [2.45, 2.75) is 25.1 Å². The van der Waals surface area contributed by atoms with Crippen LogP contribution < -0.4 is 4.90 Å². The maximum absolute atomic E-state index is 12.9. The van der Waals surface area contributed by atoms with E-state index in [4.69, 9.17) is 9.84 Å². The Labute approximate surface area is 136 Å². The Hall–Kier alpha value is -1.80. The quantitative estimate of drug-likeness (QED) is 0.907. The largest absolute Gasteiger partial charge is 0.478 e. The van der Waals surface area contributed by atoms with E-state index in [9.17, 15) is 22.8 Å². The van der Waals surface area contributed by atoms with Gasteiger partial charge < -0.3 is 14.7 Å². The van der Waals surface area contributed by atoms with Crippen molar-refractivity contribution in [2.24, 2.45) is 0 Å². The van der Waals surface area contributed by atoms with Gasteiger partial charge in [-0.1, -0.05) is 12.1 Å². The molecule has 0 unspecified atom stereocenters. The van der Waals surface area contributed by atoms with Crippen molar-refractivity contribution >= 4 is 30.0 Å². The summed E-state index contributed by atoms with van der Waals surface area (Å²) in [6.07, 6.45) is -4.64. The molecule has 0 atom stereocenters. The maximum Gasteiger partial charge on any atom is 0.471 e. The number of carboxylic acids is 1. The summed E-state index contributed by atoms with van der Waals surface area (Å²) in [7, 11) is 0. The van der Waals surface area contributed by atoms with Gasteiger partial charge in [-0.05, 0) is 25.0 Å². The first-order valence-electron chi connectivity index (χ1n) is 6.63. The Morgan fingerprint density at radius 3 is 2.26 bits per heavy atom. The van der Waals surface area contributed by atoms with Crippen molar-refractivity contribution in [1.29, 1.82) is 0 Å². The number of aromatic carboxylic acids is 1. The molecule has 0 aromatic heterocycles. The fourth-order valence-electron chi connectivity index (χ4n) is 2.42. The molecule has 2 rings (SSSR count). The zero-order chi connectivity index (χ0) is 16.3. The van der Waals surface area contributed by atoms with Gasteiger partial charge in [0, 0.05) is 19.3 Å². The zero-order valence-corrected chi connectivity index (χ0v) is 12.7. The van der Waals surface area contributed by atoms with Gasteiger partial charge in [0.1, 0.15) is 0 Å². The molecule has 0 spiro atoms. The molecule has 1 aromatic rings. The van der Waals surface area contributed by atoms with E-state index in [1.165, 1.54) is 24.3 Å². The first kappa shape index (κ1) is 19.2. The van der Waals surface area contributed by atoms with E-state index in [0.29, 0.717) is 4.90 Å². The number of ether oxygens (including phenoxy) is 1. The molecular formula is C14H15ClF3NO4. The highest BCUT2D eigenvalue weighted by atomic mass is 35.5. The van der Waals surface area contributed by atoms with Gasteiger partial charge >= 0.3 is 18.1 Å². The number of rotatable bonds is 3. The number of carbonyl (C=O) groups excluding carboxylic acids is 1. The zero-order valence-electron chi connectivity index (χ0n) is 11.9. The van der Waals surface area contributed by atoms with Crippen LogP contribution in [0.2, 0.25) is 0 Å². The van der Waals surface area contributed by atoms with E-state index >= 15 is 0 Å². The molecule has 1 aliphatic heterocycles. The van der Waals surface area contributed by atoms with Crippen LogP contribution >= 0.6 is 12.4 Å². The van der Waals surface area contributed by atoms with Crippen molar-refractivity contribution in [1.82, 2.24) is 0 Å². The molecule has 1 saturated heterocycles. The van der Waals surface area contributed by atoms with Crippen molar-refractivity contribution in [3.05, 3.63) is 29.8 Å². The summed E-state index contributed by atoms with van der Waals surface area (Å²) in [5.74, 6) is -3.45. The van der Waals surface area contributed by atoms with Gasteiger partial charge in [-0.25, -0.2) is 4.79 Å². The molecule has 1 fully saturated rings. The Balaban J connectivity index is 0.00000264. The minimum atomic E-state index is -5.08. The smallest absolute Gasteiger partial charge is 0.471 e. The van der Waals surface area contributed by atoms with Crippen LogP contribution in [0.4, 0.5) is 18.9 Å². The lowest BCUT2D eigenvalue weighted by Crippen LogP contribution is -2.49. The van der Waals surface area contributed by atoms with E-state index in [0.717, 1.165) is 0 Å². The van der Waals surface area contributed by atoms with Crippen LogP contribution in [0.5, 0.6) is 0 Å². The van der Waals surface area contributed by atoms with E-state index < -0.39 is 24.1 Å². The number of benzene rings is 1. The summed E-state index contributed by atoms with van der Waals surface area (Å²) < 4.78 is 43.8. The molecule has 0 radical (unpaired) electrons. The number of anilines is 1. The number of carboxylic acid groups (broad SMARTS) is 1. The number of nitrogens with zero attached hydrogens (tertiary/aromatic N) is 1. The van der Waals surface area contributed by atoms with E-state index in [-0.39, 0.29) is 49.7 Å². The number of carbonyl (C=O) groups is 2. The lowest BCUT2D eigenvalue weighted by atomic mass is 10.0. The molecule has 0 saturated carbocycles. The van der Waals surface area contributed by atoms with Crippen molar-refractivity contribution < 1.29 is 32.6 Å². The third-order valence-electron chi connectivity index (χ3n) is 3.41. The third kappa shape index (κ3) is 4.35. The Bertz CT molecular complexity index is 573. The van der Waals surface area contributed by atoms with E-state index in [1.54, 1.807) is 0 Å². The van der Waals surface area contributed by atoms with Crippen LogP contribution in [-0.4, -0.2) is 42.4 Å². The summed E-state index contributed by atoms with van der Waals surface area (Å²) in [4.78, 5) is 23.6. The third-order valence-corrected chi connectivity index (χ3v) is 3.41. The predicted molar refractivity (Wildman–Crippen MR) is 78.0 cm³/mol. The summed E-state index contributed by atoms with van der Waals surface area (Å²) in [6, 6.07) is 4.43. The van der Waals surface area contributed by atoms with Gasteiger partial charge in [0.15, 0.2) is 0 Å². The minimum Gasteiger partial charge on any atom is -0.478 e. The second-order valence-corrected chi connectivity index (χ2v) is 4.84. The van der Waals surface area contributed by atoms with Gasteiger partial charge in [0.05, 0.1) is 11.3 Å². The monoisotopic (exact) mass is 353 g/mol. The Morgan fingerprint density at radius 1 is 1.17 bits per heavy atom. The van der Waals surface area contributed by atoms with Crippen molar-refractivity contribution in [2.75, 3.05) is 18.1 Å². The van der Waals surface area contributed by atoms with Gasteiger partial charge in [-0.2, -0.15) is 13.2 Å². The van der Waals surface area contributed by atoms with Crippen LogP contribution in [-0.2, 0) is 9.53 Å². The van der Waals surface area contributed by atoms with Crippen LogP contribution in [0.1, 0.15) is 23.2 Å². The molecule has 1 aliphatic rings. The number of halogens is 4. The fourth-order valence-corrected chi connectivity index (χ4v) is 2.42. The fraction of sp³-hybridized carbons (Fsp3) is 0.429. The number of para-hydroxylation sites is 1. The summed E-state index contributed by atoms with van der Waals surface area (Å²) in [6.45, 7) is 0.448. The van der Waals surface area contributed by atoms with Crippen LogP contribution in [0.15, 0.2) is 24.3 Å². The topological polar surface area (TPSA) is 66.8 Å². The number of hydrogen-bond acceptors (Lipinski definition) is 3. The van der Waals surface area contributed by atoms with Crippen LogP contribution in [0.25, 0.3) is 0 Å². The van der Waals surface area contributed by atoms with Crippen molar-refractivity contribution in [3.8, 4) is 0 Å².